The van der Waals surface area contributed by atoms with Crippen molar-refractivity contribution >= 4 is 15.8 Å². The van der Waals surface area contributed by atoms with Crippen LogP contribution in [0.3, 0.4) is 0 Å². The van der Waals surface area contributed by atoms with E-state index in [0.717, 1.165) is 12.1 Å². The van der Waals surface area contributed by atoms with Gasteiger partial charge in [-0.15, -0.1) is 4.91 Å². The summed E-state index contributed by atoms with van der Waals surface area (Å²) in [5.41, 5.74) is -0.0577. The highest BCUT2D eigenvalue weighted by molar-refractivity contribution is 7.85. The standard InChI is InChI=1S/C11H11N3O5S/c1-7-10(12-16)11(15)14(13(7)2)8-3-5-9(6-4-8)20(17,18)19/h3-6H,1-2H3,(H,17,18,19). The fourth-order valence-electron chi connectivity index (χ4n) is 1.85. The van der Waals surface area contributed by atoms with Crippen LogP contribution in [0.5, 0.6) is 0 Å². The lowest BCUT2D eigenvalue weighted by Gasteiger charge is -2.08. The quantitative estimate of drug-likeness (QED) is 0.674. The molecule has 20 heavy (non-hydrogen) atoms. The molecule has 0 radical (unpaired) electrons. The third-order valence-corrected chi connectivity index (χ3v) is 3.86. The van der Waals surface area contributed by atoms with E-state index in [-0.39, 0.29) is 10.6 Å². The number of nitroso groups, excluding NO2 is 1. The van der Waals surface area contributed by atoms with Crippen molar-refractivity contribution in [3.8, 4) is 5.69 Å². The zero-order valence-corrected chi connectivity index (χ0v) is 11.5. The molecule has 0 aliphatic heterocycles. The van der Waals surface area contributed by atoms with Crippen LogP contribution < -0.4 is 5.56 Å². The lowest BCUT2D eigenvalue weighted by Crippen LogP contribution is -2.19. The molecule has 1 aromatic carbocycles. The van der Waals surface area contributed by atoms with E-state index >= 15 is 0 Å². The Morgan fingerprint density at radius 2 is 1.75 bits per heavy atom. The molecule has 2 aromatic rings. The van der Waals surface area contributed by atoms with E-state index in [0.29, 0.717) is 11.4 Å². The molecule has 0 amide bonds. The molecule has 9 heteroatoms. The highest BCUT2D eigenvalue weighted by atomic mass is 32.2. The van der Waals surface area contributed by atoms with Crippen LogP contribution in [0, 0.1) is 11.8 Å². The molecule has 0 bridgehead atoms. The Hall–Kier alpha value is -2.26. The van der Waals surface area contributed by atoms with Crippen molar-refractivity contribution in [3.05, 3.63) is 45.2 Å². The molecule has 2 rings (SSSR count). The van der Waals surface area contributed by atoms with Crippen molar-refractivity contribution in [1.82, 2.24) is 9.36 Å². The van der Waals surface area contributed by atoms with Crippen LogP contribution in [0.1, 0.15) is 5.69 Å². The molecular formula is C11H11N3O5S. The van der Waals surface area contributed by atoms with Crippen molar-refractivity contribution in [2.75, 3.05) is 0 Å². The highest BCUT2D eigenvalue weighted by Crippen LogP contribution is 2.17. The molecule has 0 spiro atoms. The van der Waals surface area contributed by atoms with E-state index in [2.05, 4.69) is 5.18 Å². The number of nitrogens with zero attached hydrogens (tertiary/aromatic N) is 3. The maximum atomic E-state index is 12.0. The van der Waals surface area contributed by atoms with Crippen LogP contribution in [-0.4, -0.2) is 22.3 Å². The van der Waals surface area contributed by atoms with Gasteiger partial charge in [0.25, 0.3) is 10.1 Å². The Bertz CT molecular complexity index is 830. The first kappa shape index (κ1) is 14.2. The minimum absolute atomic E-state index is 0.202. The minimum Gasteiger partial charge on any atom is -0.283 e. The van der Waals surface area contributed by atoms with Gasteiger partial charge in [0, 0.05) is 7.05 Å². The number of benzene rings is 1. The van der Waals surface area contributed by atoms with Gasteiger partial charge in [-0.25, -0.2) is 4.68 Å². The first-order valence-corrected chi connectivity index (χ1v) is 6.91. The number of aromatic nitrogens is 2. The van der Waals surface area contributed by atoms with Crippen LogP contribution in [0.25, 0.3) is 5.69 Å². The molecule has 0 atom stereocenters. The van der Waals surface area contributed by atoms with Crippen LogP contribution in [-0.2, 0) is 17.2 Å². The summed E-state index contributed by atoms with van der Waals surface area (Å²) in [4.78, 5) is 22.4. The predicted octanol–water partition coefficient (Wildman–Crippen LogP) is 1.13. The Morgan fingerprint density at radius 3 is 2.15 bits per heavy atom. The molecule has 1 aromatic heterocycles. The van der Waals surface area contributed by atoms with Crippen molar-refractivity contribution in [2.24, 2.45) is 12.2 Å². The van der Waals surface area contributed by atoms with Gasteiger partial charge in [0.15, 0.2) is 5.69 Å². The second-order valence-electron chi connectivity index (χ2n) is 4.13. The second-order valence-corrected chi connectivity index (χ2v) is 5.56. The van der Waals surface area contributed by atoms with Gasteiger partial charge in [-0.2, -0.15) is 8.42 Å². The average Bonchev–Trinajstić information content (AvgIpc) is 2.59. The van der Waals surface area contributed by atoms with Crippen LogP contribution >= 0.6 is 0 Å². The monoisotopic (exact) mass is 297 g/mol. The summed E-state index contributed by atoms with van der Waals surface area (Å²) < 4.78 is 33.4. The number of hydrogen-bond acceptors (Lipinski definition) is 5. The van der Waals surface area contributed by atoms with Gasteiger partial charge < -0.3 is 0 Å². The van der Waals surface area contributed by atoms with Gasteiger partial charge in [-0.05, 0) is 36.4 Å². The smallest absolute Gasteiger partial charge is 0.283 e. The predicted molar refractivity (Wildman–Crippen MR) is 71.0 cm³/mol. The summed E-state index contributed by atoms with van der Waals surface area (Å²) >= 11 is 0. The SMILES string of the molecule is Cc1c(N=O)c(=O)n(-c2ccc(S(=O)(=O)O)cc2)n1C. The highest BCUT2D eigenvalue weighted by Gasteiger charge is 2.17. The normalized spacial score (nSPS) is 11.6. The first-order chi connectivity index (χ1) is 9.27. The molecule has 106 valence electrons. The van der Waals surface area contributed by atoms with Crippen molar-refractivity contribution < 1.29 is 13.0 Å². The molecule has 0 saturated heterocycles. The number of rotatable bonds is 3. The Morgan fingerprint density at radius 1 is 1.20 bits per heavy atom. The maximum absolute atomic E-state index is 12.0. The van der Waals surface area contributed by atoms with Crippen molar-refractivity contribution in [2.45, 2.75) is 11.8 Å². The summed E-state index contributed by atoms with van der Waals surface area (Å²) in [6.07, 6.45) is 0. The largest absolute Gasteiger partial charge is 0.301 e. The minimum atomic E-state index is -4.29. The van der Waals surface area contributed by atoms with E-state index in [9.17, 15) is 18.1 Å². The molecule has 0 aliphatic carbocycles. The van der Waals surface area contributed by atoms with Crippen LogP contribution in [0.15, 0.2) is 39.1 Å². The van der Waals surface area contributed by atoms with Gasteiger partial charge in [-0.1, -0.05) is 0 Å². The van der Waals surface area contributed by atoms with Crippen molar-refractivity contribution in [1.29, 1.82) is 0 Å². The van der Waals surface area contributed by atoms with Gasteiger partial charge in [0.2, 0.25) is 0 Å². The summed E-state index contributed by atoms with van der Waals surface area (Å²) in [5, 5.41) is 2.69. The van der Waals surface area contributed by atoms with E-state index in [1.165, 1.54) is 21.5 Å². The summed E-state index contributed by atoms with van der Waals surface area (Å²) in [7, 11) is -2.72. The topological polar surface area (TPSA) is 111 Å². The van der Waals surface area contributed by atoms with E-state index in [4.69, 9.17) is 4.55 Å². The van der Waals surface area contributed by atoms with E-state index in [1.807, 2.05) is 0 Å². The molecule has 8 nitrogen and oxygen atoms in total. The lowest BCUT2D eigenvalue weighted by atomic mass is 10.3. The maximum Gasteiger partial charge on any atom is 0.301 e. The summed E-state index contributed by atoms with van der Waals surface area (Å²) in [5.74, 6) is 0. The van der Waals surface area contributed by atoms with E-state index < -0.39 is 15.7 Å². The van der Waals surface area contributed by atoms with Gasteiger partial charge in [-0.3, -0.25) is 14.0 Å². The Labute approximate surface area is 114 Å². The second kappa shape index (κ2) is 4.69. The first-order valence-electron chi connectivity index (χ1n) is 5.47. The zero-order chi connectivity index (χ0) is 15.1. The third kappa shape index (κ3) is 2.17. The summed E-state index contributed by atoms with van der Waals surface area (Å²) in [6, 6.07) is 5.01. The fraction of sp³-hybridized carbons (Fsp3) is 0.182. The van der Waals surface area contributed by atoms with Crippen LogP contribution in [0.4, 0.5) is 5.69 Å². The van der Waals surface area contributed by atoms with Crippen LogP contribution in [0.2, 0.25) is 0 Å². The fourth-order valence-corrected chi connectivity index (χ4v) is 2.33. The average molecular weight is 297 g/mol. The Balaban J connectivity index is 2.65. The molecule has 1 heterocycles. The molecule has 0 fully saturated rings. The van der Waals surface area contributed by atoms with E-state index in [1.54, 1.807) is 14.0 Å². The zero-order valence-electron chi connectivity index (χ0n) is 10.6. The molecule has 0 saturated carbocycles. The van der Waals surface area contributed by atoms with Gasteiger partial charge in [0.1, 0.15) is 0 Å². The van der Waals surface area contributed by atoms with Crippen molar-refractivity contribution in [3.63, 3.8) is 0 Å². The summed E-state index contributed by atoms with van der Waals surface area (Å²) in [6.45, 7) is 1.57. The molecule has 0 aliphatic rings. The number of hydrogen-bond donors (Lipinski definition) is 1. The van der Waals surface area contributed by atoms with Gasteiger partial charge >= 0.3 is 5.56 Å². The lowest BCUT2D eigenvalue weighted by molar-refractivity contribution is 0.483. The van der Waals surface area contributed by atoms with Gasteiger partial charge in [0.05, 0.1) is 16.3 Å². The molecular weight excluding hydrogens is 286 g/mol. The third-order valence-electron chi connectivity index (χ3n) is 2.99. The molecule has 1 N–H and O–H groups in total. The molecule has 0 unspecified atom stereocenters. The Kier molecular flexibility index (Phi) is 3.32.